The van der Waals surface area contributed by atoms with Gasteiger partial charge in [-0.1, -0.05) is 30.1 Å². The Labute approximate surface area is 123 Å². The fourth-order valence-corrected chi connectivity index (χ4v) is 4.11. The van der Waals surface area contributed by atoms with Gasteiger partial charge in [-0.05, 0) is 37.3 Å². The van der Waals surface area contributed by atoms with Crippen molar-refractivity contribution in [2.75, 3.05) is 13.2 Å². The Morgan fingerprint density at radius 2 is 2.33 bits per heavy atom. The molecule has 3 atom stereocenters. The van der Waals surface area contributed by atoms with E-state index in [9.17, 15) is 0 Å². The highest BCUT2D eigenvalue weighted by molar-refractivity contribution is 7.20. The third-order valence-electron chi connectivity index (χ3n) is 3.58. The van der Waals surface area contributed by atoms with Crippen LogP contribution in [0.15, 0.2) is 6.07 Å². The maximum Gasteiger partial charge on any atom is 0.0991 e. The Hall–Kier alpha value is 0.200. The third kappa shape index (κ3) is 3.40. The van der Waals surface area contributed by atoms with Gasteiger partial charge in [0.25, 0.3) is 0 Å². The van der Waals surface area contributed by atoms with Gasteiger partial charge in [-0.25, -0.2) is 0 Å². The van der Waals surface area contributed by atoms with Gasteiger partial charge in [0.15, 0.2) is 0 Å². The zero-order chi connectivity index (χ0) is 13.1. The average molecular weight is 308 g/mol. The molecule has 18 heavy (non-hydrogen) atoms. The van der Waals surface area contributed by atoms with Gasteiger partial charge in [0, 0.05) is 19.2 Å². The van der Waals surface area contributed by atoms with Crippen molar-refractivity contribution in [2.24, 2.45) is 5.92 Å². The molecule has 0 radical (unpaired) electrons. The van der Waals surface area contributed by atoms with Crippen LogP contribution in [0.25, 0.3) is 0 Å². The normalized spacial score (nSPS) is 25.6. The van der Waals surface area contributed by atoms with E-state index in [4.69, 9.17) is 27.9 Å². The molecular formula is C13H19Cl2NOS. The molecular weight excluding hydrogens is 289 g/mol. The summed E-state index contributed by atoms with van der Waals surface area (Å²) in [5.41, 5.74) is 1.10. The molecule has 2 nitrogen and oxygen atoms in total. The Kier molecular flexibility index (Phi) is 5.34. The van der Waals surface area contributed by atoms with Crippen LogP contribution in [0, 0.1) is 5.92 Å². The number of rotatable bonds is 5. The second kappa shape index (κ2) is 6.58. The van der Waals surface area contributed by atoms with Crippen LogP contribution in [-0.2, 0) is 4.74 Å². The molecule has 102 valence electrons. The van der Waals surface area contributed by atoms with Crippen LogP contribution in [0.3, 0.4) is 0 Å². The summed E-state index contributed by atoms with van der Waals surface area (Å²) in [7, 11) is 0. The highest BCUT2D eigenvalue weighted by atomic mass is 35.5. The summed E-state index contributed by atoms with van der Waals surface area (Å²) >= 11 is 13.6. The predicted octanol–water partition coefficient (Wildman–Crippen LogP) is 4.52. The first-order valence-electron chi connectivity index (χ1n) is 6.41. The standard InChI is InChI=1S/C13H19Cl2NOS/c1-3-11-9(4-5-17-11)7-16-8(2)10-6-12(14)18-13(10)15/h6,8-9,11,16H,3-5,7H2,1-2H3. The van der Waals surface area contributed by atoms with Crippen molar-refractivity contribution < 1.29 is 4.74 Å². The zero-order valence-corrected chi connectivity index (χ0v) is 13.0. The average Bonchev–Trinajstić information content (AvgIpc) is 2.92. The molecule has 1 fully saturated rings. The quantitative estimate of drug-likeness (QED) is 0.863. The molecule has 0 aliphatic carbocycles. The van der Waals surface area contributed by atoms with Crippen LogP contribution in [0.4, 0.5) is 0 Å². The van der Waals surface area contributed by atoms with Gasteiger partial charge in [-0.2, -0.15) is 0 Å². The minimum Gasteiger partial charge on any atom is -0.378 e. The van der Waals surface area contributed by atoms with Crippen molar-refractivity contribution in [1.82, 2.24) is 5.32 Å². The number of hydrogen-bond donors (Lipinski definition) is 1. The van der Waals surface area contributed by atoms with Crippen molar-refractivity contribution in [3.63, 3.8) is 0 Å². The van der Waals surface area contributed by atoms with E-state index in [1.165, 1.54) is 11.3 Å². The monoisotopic (exact) mass is 307 g/mol. The van der Waals surface area contributed by atoms with Crippen LogP contribution >= 0.6 is 34.5 Å². The Morgan fingerprint density at radius 1 is 1.56 bits per heavy atom. The topological polar surface area (TPSA) is 21.3 Å². The molecule has 1 aliphatic heterocycles. The summed E-state index contributed by atoms with van der Waals surface area (Å²) in [6.07, 6.45) is 2.65. The first kappa shape index (κ1) is 14.6. The molecule has 1 aromatic heterocycles. The molecule has 0 saturated carbocycles. The molecule has 3 unspecified atom stereocenters. The molecule has 1 saturated heterocycles. The third-order valence-corrected chi connectivity index (χ3v) is 5.10. The molecule has 5 heteroatoms. The SMILES string of the molecule is CCC1OCCC1CNC(C)c1cc(Cl)sc1Cl. The molecule has 0 amide bonds. The van der Waals surface area contributed by atoms with Crippen molar-refractivity contribution in [1.29, 1.82) is 0 Å². The van der Waals surface area contributed by atoms with Crippen LogP contribution in [-0.4, -0.2) is 19.3 Å². The highest BCUT2D eigenvalue weighted by Gasteiger charge is 2.27. The van der Waals surface area contributed by atoms with E-state index in [-0.39, 0.29) is 6.04 Å². The lowest BCUT2D eigenvalue weighted by atomic mass is 9.99. The summed E-state index contributed by atoms with van der Waals surface area (Å²) < 4.78 is 7.23. The van der Waals surface area contributed by atoms with Crippen LogP contribution in [0.5, 0.6) is 0 Å². The van der Waals surface area contributed by atoms with E-state index in [2.05, 4.69) is 19.2 Å². The minimum atomic E-state index is 0.236. The van der Waals surface area contributed by atoms with Gasteiger partial charge in [-0.3, -0.25) is 0 Å². The number of nitrogens with one attached hydrogen (secondary N) is 1. The lowest BCUT2D eigenvalue weighted by molar-refractivity contribution is 0.0867. The van der Waals surface area contributed by atoms with E-state index in [0.717, 1.165) is 40.2 Å². The first-order chi connectivity index (χ1) is 8.61. The van der Waals surface area contributed by atoms with E-state index in [0.29, 0.717) is 12.0 Å². The molecule has 0 bridgehead atoms. The lowest BCUT2D eigenvalue weighted by Crippen LogP contribution is -2.30. The zero-order valence-electron chi connectivity index (χ0n) is 10.7. The maximum atomic E-state index is 6.16. The van der Waals surface area contributed by atoms with E-state index < -0.39 is 0 Å². The molecule has 0 aromatic carbocycles. The highest BCUT2D eigenvalue weighted by Crippen LogP contribution is 2.35. The summed E-state index contributed by atoms with van der Waals surface area (Å²) in [6.45, 7) is 6.18. The Bertz CT molecular complexity index is 396. The van der Waals surface area contributed by atoms with Crippen molar-refractivity contribution in [3.8, 4) is 0 Å². The van der Waals surface area contributed by atoms with E-state index in [1.54, 1.807) is 0 Å². The number of ether oxygens (including phenoxy) is 1. The fourth-order valence-electron chi connectivity index (χ4n) is 2.46. The minimum absolute atomic E-state index is 0.236. The maximum absolute atomic E-state index is 6.16. The van der Waals surface area contributed by atoms with Gasteiger partial charge in [0.1, 0.15) is 0 Å². The van der Waals surface area contributed by atoms with Crippen LogP contribution in [0.1, 0.15) is 38.3 Å². The number of halogens is 2. The molecule has 1 aromatic rings. The van der Waals surface area contributed by atoms with Gasteiger partial charge in [-0.15, -0.1) is 11.3 Å². The molecule has 1 N–H and O–H groups in total. The first-order valence-corrected chi connectivity index (χ1v) is 7.98. The van der Waals surface area contributed by atoms with E-state index >= 15 is 0 Å². The Morgan fingerprint density at radius 3 is 2.94 bits per heavy atom. The molecule has 0 spiro atoms. The number of hydrogen-bond acceptors (Lipinski definition) is 3. The summed E-state index contributed by atoms with van der Waals surface area (Å²) in [5, 5.41) is 3.54. The molecule has 2 heterocycles. The van der Waals surface area contributed by atoms with Crippen molar-refractivity contribution in [2.45, 2.75) is 38.8 Å². The van der Waals surface area contributed by atoms with Gasteiger partial charge < -0.3 is 10.1 Å². The Balaban J connectivity index is 1.88. The second-order valence-electron chi connectivity index (χ2n) is 4.78. The molecule has 2 rings (SSSR count). The van der Waals surface area contributed by atoms with E-state index in [1.807, 2.05) is 6.07 Å². The predicted molar refractivity (Wildman–Crippen MR) is 78.9 cm³/mol. The van der Waals surface area contributed by atoms with Gasteiger partial charge in [0.05, 0.1) is 14.8 Å². The van der Waals surface area contributed by atoms with Crippen molar-refractivity contribution in [3.05, 3.63) is 20.3 Å². The second-order valence-corrected chi connectivity index (χ2v) is 7.06. The summed E-state index contributed by atoms with van der Waals surface area (Å²) in [4.78, 5) is 0. The fraction of sp³-hybridized carbons (Fsp3) is 0.692. The number of thiophene rings is 1. The van der Waals surface area contributed by atoms with Crippen LogP contribution in [0.2, 0.25) is 8.67 Å². The smallest absolute Gasteiger partial charge is 0.0991 e. The largest absolute Gasteiger partial charge is 0.378 e. The van der Waals surface area contributed by atoms with Gasteiger partial charge in [0.2, 0.25) is 0 Å². The summed E-state index contributed by atoms with van der Waals surface area (Å²) in [6, 6.07) is 2.19. The summed E-state index contributed by atoms with van der Waals surface area (Å²) in [5.74, 6) is 0.616. The van der Waals surface area contributed by atoms with Gasteiger partial charge >= 0.3 is 0 Å². The lowest BCUT2D eigenvalue weighted by Gasteiger charge is -2.20. The van der Waals surface area contributed by atoms with Crippen LogP contribution < -0.4 is 5.32 Å². The molecule has 1 aliphatic rings. The van der Waals surface area contributed by atoms with Crippen molar-refractivity contribution >= 4 is 34.5 Å².